The van der Waals surface area contributed by atoms with Gasteiger partial charge in [-0.05, 0) is 36.4 Å². The maximum atomic E-state index is 8.97. The van der Waals surface area contributed by atoms with Crippen LogP contribution in [-0.2, 0) is 6.54 Å². The van der Waals surface area contributed by atoms with Crippen molar-refractivity contribution in [1.82, 2.24) is 9.88 Å². The molecule has 0 atom stereocenters. The van der Waals surface area contributed by atoms with Crippen molar-refractivity contribution in [3.05, 3.63) is 36.0 Å². The fourth-order valence-corrected chi connectivity index (χ4v) is 2.97. The van der Waals surface area contributed by atoms with Gasteiger partial charge in [-0.3, -0.25) is 0 Å². The zero-order valence-electron chi connectivity index (χ0n) is 11.1. The molecule has 1 saturated carbocycles. The van der Waals surface area contributed by atoms with Crippen LogP contribution in [0.25, 0.3) is 10.9 Å². The number of fused-ring (bicyclic) bond motifs is 1. The summed E-state index contributed by atoms with van der Waals surface area (Å²) in [6.07, 6.45) is 7.50. The second-order valence-electron chi connectivity index (χ2n) is 5.33. The van der Waals surface area contributed by atoms with E-state index in [0.29, 0.717) is 0 Å². The number of hydrogen-bond donors (Lipinski definition) is 1. The maximum Gasteiger partial charge on any atom is 0.0992 e. The average Bonchev–Trinajstić information content (AvgIpc) is 3.08. The van der Waals surface area contributed by atoms with Gasteiger partial charge in [0.15, 0.2) is 0 Å². The Morgan fingerprint density at radius 2 is 2.11 bits per heavy atom. The molecule has 0 spiro atoms. The minimum Gasteiger partial charge on any atom is -0.346 e. The van der Waals surface area contributed by atoms with Crippen molar-refractivity contribution in [2.45, 2.75) is 38.3 Å². The maximum absolute atomic E-state index is 8.97. The largest absolute Gasteiger partial charge is 0.346 e. The quantitative estimate of drug-likeness (QED) is 0.909. The molecule has 0 saturated heterocycles. The summed E-state index contributed by atoms with van der Waals surface area (Å²) >= 11 is 0. The lowest BCUT2D eigenvalue weighted by atomic mass is 10.2. The molecule has 1 fully saturated rings. The van der Waals surface area contributed by atoms with E-state index in [2.05, 4.69) is 28.2 Å². The first-order chi connectivity index (χ1) is 9.36. The molecule has 0 radical (unpaired) electrons. The van der Waals surface area contributed by atoms with Crippen molar-refractivity contribution in [2.24, 2.45) is 0 Å². The fourth-order valence-electron chi connectivity index (χ4n) is 2.97. The molecule has 3 heteroatoms. The number of benzene rings is 1. The second kappa shape index (κ2) is 5.46. The lowest BCUT2D eigenvalue weighted by Gasteiger charge is -2.12. The Balaban J connectivity index is 1.68. The Morgan fingerprint density at radius 1 is 1.26 bits per heavy atom. The number of nitriles is 1. The van der Waals surface area contributed by atoms with Crippen LogP contribution in [0.1, 0.15) is 31.2 Å². The molecule has 0 bridgehead atoms. The van der Waals surface area contributed by atoms with Crippen LogP contribution in [0, 0.1) is 11.3 Å². The molecule has 1 aliphatic carbocycles. The lowest BCUT2D eigenvalue weighted by molar-refractivity contribution is 0.501. The molecule has 19 heavy (non-hydrogen) atoms. The van der Waals surface area contributed by atoms with Crippen LogP contribution in [0.5, 0.6) is 0 Å². The van der Waals surface area contributed by atoms with E-state index in [0.717, 1.165) is 30.2 Å². The van der Waals surface area contributed by atoms with Gasteiger partial charge in [0.1, 0.15) is 0 Å². The first-order valence-corrected chi connectivity index (χ1v) is 7.09. The van der Waals surface area contributed by atoms with Gasteiger partial charge in [-0.15, -0.1) is 0 Å². The van der Waals surface area contributed by atoms with Crippen LogP contribution in [0.3, 0.4) is 0 Å². The molecule has 1 aromatic carbocycles. The van der Waals surface area contributed by atoms with Crippen LogP contribution in [0.15, 0.2) is 30.5 Å². The third kappa shape index (κ3) is 2.64. The van der Waals surface area contributed by atoms with Crippen molar-refractivity contribution in [2.75, 3.05) is 6.54 Å². The van der Waals surface area contributed by atoms with E-state index in [-0.39, 0.29) is 0 Å². The minimum atomic E-state index is 0.719. The van der Waals surface area contributed by atoms with E-state index in [9.17, 15) is 0 Å². The molecule has 98 valence electrons. The molecule has 2 aromatic rings. The van der Waals surface area contributed by atoms with Crippen molar-refractivity contribution in [1.29, 1.82) is 5.26 Å². The first kappa shape index (κ1) is 12.3. The van der Waals surface area contributed by atoms with Crippen molar-refractivity contribution < 1.29 is 0 Å². The highest BCUT2D eigenvalue weighted by atomic mass is 15.0. The summed E-state index contributed by atoms with van der Waals surface area (Å²) in [4.78, 5) is 0. The van der Waals surface area contributed by atoms with E-state index in [1.54, 1.807) is 0 Å². The fraction of sp³-hybridized carbons (Fsp3) is 0.438. The zero-order valence-corrected chi connectivity index (χ0v) is 11.1. The topological polar surface area (TPSA) is 40.8 Å². The minimum absolute atomic E-state index is 0.719. The molecule has 0 unspecified atom stereocenters. The van der Waals surface area contributed by atoms with Gasteiger partial charge >= 0.3 is 0 Å². The Bertz CT molecular complexity index is 600. The van der Waals surface area contributed by atoms with Crippen LogP contribution >= 0.6 is 0 Å². The third-order valence-corrected chi connectivity index (χ3v) is 4.04. The summed E-state index contributed by atoms with van der Waals surface area (Å²) in [6.45, 7) is 1.97. The van der Waals surface area contributed by atoms with E-state index >= 15 is 0 Å². The van der Waals surface area contributed by atoms with Gasteiger partial charge in [-0.2, -0.15) is 5.26 Å². The molecule has 1 N–H and O–H groups in total. The van der Waals surface area contributed by atoms with Gasteiger partial charge in [-0.25, -0.2) is 0 Å². The van der Waals surface area contributed by atoms with Crippen molar-refractivity contribution in [3.8, 4) is 6.07 Å². The monoisotopic (exact) mass is 253 g/mol. The molecule has 0 amide bonds. The second-order valence-corrected chi connectivity index (χ2v) is 5.33. The Morgan fingerprint density at radius 3 is 2.89 bits per heavy atom. The van der Waals surface area contributed by atoms with Gasteiger partial charge in [0.2, 0.25) is 0 Å². The van der Waals surface area contributed by atoms with E-state index in [1.807, 2.05) is 18.2 Å². The van der Waals surface area contributed by atoms with E-state index in [1.165, 1.54) is 31.1 Å². The van der Waals surface area contributed by atoms with Gasteiger partial charge in [0.25, 0.3) is 0 Å². The lowest BCUT2D eigenvalue weighted by Crippen LogP contribution is -2.29. The first-order valence-electron chi connectivity index (χ1n) is 7.09. The van der Waals surface area contributed by atoms with E-state index < -0.39 is 0 Å². The highest BCUT2D eigenvalue weighted by Crippen LogP contribution is 2.19. The summed E-state index contributed by atoms with van der Waals surface area (Å²) < 4.78 is 2.23. The van der Waals surface area contributed by atoms with Crippen LogP contribution in [0.4, 0.5) is 0 Å². The molecule has 1 heterocycles. The highest BCUT2D eigenvalue weighted by molar-refractivity contribution is 5.81. The molecular formula is C16H19N3. The third-order valence-electron chi connectivity index (χ3n) is 4.04. The molecule has 0 aliphatic heterocycles. The SMILES string of the molecule is N#Cc1ccc2ccn(CCNC3CCCC3)c2c1. The number of aromatic nitrogens is 1. The summed E-state index contributed by atoms with van der Waals surface area (Å²) in [6, 6.07) is 10.9. The molecule has 3 nitrogen and oxygen atoms in total. The summed E-state index contributed by atoms with van der Waals surface area (Å²) in [5.74, 6) is 0. The number of rotatable bonds is 4. The number of nitrogens with one attached hydrogen (secondary N) is 1. The van der Waals surface area contributed by atoms with E-state index in [4.69, 9.17) is 5.26 Å². The normalized spacial score (nSPS) is 15.9. The smallest absolute Gasteiger partial charge is 0.0992 e. The van der Waals surface area contributed by atoms with Gasteiger partial charge in [-0.1, -0.05) is 18.9 Å². The van der Waals surface area contributed by atoms with Gasteiger partial charge in [0, 0.05) is 30.8 Å². The average molecular weight is 253 g/mol. The summed E-state index contributed by atoms with van der Waals surface area (Å²) in [5.41, 5.74) is 1.89. The van der Waals surface area contributed by atoms with Gasteiger partial charge in [0.05, 0.1) is 11.6 Å². The standard InChI is InChI=1S/C16H19N3/c17-12-13-5-6-14-7-9-19(16(14)11-13)10-8-18-15-3-1-2-4-15/h5-7,9,11,15,18H,1-4,8,10H2. The molecule has 3 rings (SSSR count). The number of hydrogen-bond acceptors (Lipinski definition) is 2. The van der Waals surface area contributed by atoms with Gasteiger partial charge < -0.3 is 9.88 Å². The van der Waals surface area contributed by atoms with Crippen LogP contribution in [-0.4, -0.2) is 17.2 Å². The van der Waals surface area contributed by atoms with Crippen molar-refractivity contribution in [3.63, 3.8) is 0 Å². The molecule has 1 aliphatic rings. The summed E-state index contributed by atoms with van der Waals surface area (Å²) in [7, 11) is 0. The van der Waals surface area contributed by atoms with Crippen molar-refractivity contribution >= 4 is 10.9 Å². The number of nitrogens with zero attached hydrogens (tertiary/aromatic N) is 2. The Hall–Kier alpha value is -1.79. The van der Waals surface area contributed by atoms with Crippen LogP contribution in [0.2, 0.25) is 0 Å². The predicted molar refractivity (Wildman–Crippen MR) is 76.9 cm³/mol. The molecule has 1 aromatic heterocycles. The zero-order chi connectivity index (χ0) is 13.1. The molecular weight excluding hydrogens is 234 g/mol. The highest BCUT2D eigenvalue weighted by Gasteiger charge is 2.13. The Labute approximate surface area is 113 Å². The summed E-state index contributed by atoms with van der Waals surface area (Å²) in [5, 5.41) is 13.8. The predicted octanol–water partition coefficient (Wildman–Crippen LogP) is 3.05. The Kier molecular flexibility index (Phi) is 3.52. The van der Waals surface area contributed by atoms with Crippen LogP contribution < -0.4 is 5.32 Å².